The van der Waals surface area contributed by atoms with Crippen molar-refractivity contribution in [3.05, 3.63) is 24.2 Å². The van der Waals surface area contributed by atoms with Gasteiger partial charge in [0.25, 0.3) is 0 Å². The summed E-state index contributed by atoms with van der Waals surface area (Å²) in [5, 5.41) is 9.28. The summed E-state index contributed by atoms with van der Waals surface area (Å²) in [5.41, 5.74) is 0. The van der Waals surface area contributed by atoms with Crippen molar-refractivity contribution in [2.24, 2.45) is 0 Å². The second kappa shape index (κ2) is 2.00. The largest absolute Gasteiger partial charge is 0.454 e. The van der Waals surface area contributed by atoms with Gasteiger partial charge in [0.1, 0.15) is 0 Å². The molecule has 0 aromatic carbocycles. The zero-order chi connectivity index (χ0) is 8.82. The zero-order valence-corrected chi connectivity index (χ0v) is 6.45. The van der Waals surface area contributed by atoms with Gasteiger partial charge in [0.2, 0.25) is 5.76 Å². The predicted octanol–water partition coefficient (Wildman–Crippen LogP) is -0.648. The highest BCUT2D eigenvalue weighted by Crippen LogP contribution is 2.35. The van der Waals surface area contributed by atoms with Crippen LogP contribution in [0.5, 0.6) is 0 Å². The van der Waals surface area contributed by atoms with E-state index in [1.807, 2.05) is 0 Å². The van der Waals surface area contributed by atoms with Crippen molar-refractivity contribution < 1.29 is 26.6 Å². The normalized spacial score (nSPS) is 36.2. The first-order valence-corrected chi connectivity index (χ1v) is 4.28. The highest BCUT2D eigenvalue weighted by Gasteiger charge is 2.52. The molecule has 0 amide bonds. The van der Waals surface area contributed by atoms with E-state index >= 15 is 0 Å². The molecule has 0 spiro atoms. The predicted molar refractivity (Wildman–Crippen MR) is 34.3 cm³/mol. The molecule has 0 saturated carbocycles. The Morgan fingerprint density at radius 2 is 2.25 bits per heavy atom. The van der Waals surface area contributed by atoms with Crippen molar-refractivity contribution in [3.63, 3.8) is 0 Å². The van der Waals surface area contributed by atoms with Crippen LogP contribution in [0.15, 0.2) is 24.2 Å². The lowest BCUT2D eigenvalue weighted by atomic mass is 10.3. The molecule has 2 aliphatic heterocycles. The van der Waals surface area contributed by atoms with E-state index in [0.29, 0.717) is 0 Å². The molecule has 0 radical (unpaired) electrons. The molecule has 6 nitrogen and oxygen atoms in total. The molecule has 1 saturated heterocycles. The fourth-order valence-corrected chi connectivity index (χ4v) is 1.64. The number of fused-ring (bicyclic) bond motifs is 1. The molecule has 7 heteroatoms. The molecule has 1 fully saturated rings. The molecule has 0 bridgehead atoms. The van der Waals surface area contributed by atoms with E-state index in [0.717, 1.165) is 6.26 Å². The van der Waals surface area contributed by atoms with Crippen LogP contribution in [-0.4, -0.2) is 19.5 Å². The van der Waals surface area contributed by atoms with Gasteiger partial charge in [-0.05, 0) is 12.2 Å². The van der Waals surface area contributed by atoms with Gasteiger partial charge >= 0.3 is 16.4 Å². The lowest BCUT2D eigenvalue weighted by molar-refractivity contribution is -0.261. The first-order valence-electron chi connectivity index (χ1n) is 2.94. The molecule has 66 valence electrons. The molecule has 2 aliphatic rings. The third kappa shape index (κ3) is 0.986. The second-order valence-corrected chi connectivity index (χ2v) is 3.28. The fraction of sp³-hybridized carbons (Fsp3) is 0.200. The van der Waals surface area contributed by atoms with E-state index < -0.39 is 16.4 Å². The van der Waals surface area contributed by atoms with Gasteiger partial charge in [-0.25, -0.2) is 0 Å². The van der Waals surface area contributed by atoms with Crippen LogP contribution in [0, 0.1) is 0 Å². The molecule has 1 N–H and O–H groups in total. The highest BCUT2D eigenvalue weighted by atomic mass is 32.3. The zero-order valence-electron chi connectivity index (χ0n) is 5.63. The first kappa shape index (κ1) is 7.59. The summed E-state index contributed by atoms with van der Waals surface area (Å²) in [7, 11) is -4.17. The Kier molecular flexibility index (Phi) is 1.27. The van der Waals surface area contributed by atoms with Crippen LogP contribution < -0.4 is 0 Å². The van der Waals surface area contributed by atoms with Crippen LogP contribution in [0.1, 0.15) is 0 Å². The molecule has 12 heavy (non-hydrogen) atoms. The van der Waals surface area contributed by atoms with Gasteiger partial charge in [0.05, 0.1) is 6.26 Å². The lowest BCUT2D eigenvalue weighted by Gasteiger charge is -2.18. The maximum absolute atomic E-state index is 10.6. The van der Waals surface area contributed by atoms with Crippen LogP contribution in [-0.2, 0) is 23.5 Å². The molecule has 1 unspecified atom stereocenters. The van der Waals surface area contributed by atoms with Crippen LogP contribution in [0.3, 0.4) is 0 Å². The molecule has 2 heterocycles. The Balaban J connectivity index is 2.46. The van der Waals surface area contributed by atoms with Gasteiger partial charge in [-0.3, -0.25) is 0 Å². The monoisotopic (exact) mass is 192 g/mol. The quantitative estimate of drug-likeness (QED) is 0.549. The van der Waals surface area contributed by atoms with Crippen molar-refractivity contribution in [1.29, 1.82) is 0 Å². The minimum absolute atomic E-state index is 0.301. The van der Waals surface area contributed by atoms with E-state index in [9.17, 15) is 13.5 Å². The second-order valence-electron chi connectivity index (χ2n) is 2.13. The summed E-state index contributed by atoms with van der Waals surface area (Å²) in [6, 6.07) is 0. The number of ether oxygens (including phenoxy) is 1. The molecule has 0 aromatic rings. The maximum atomic E-state index is 10.6. The Hall–Kier alpha value is -1.05. The van der Waals surface area contributed by atoms with E-state index in [1.54, 1.807) is 0 Å². The van der Waals surface area contributed by atoms with E-state index in [1.165, 1.54) is 12.2 Å². The molecule has 1 atom stereocenters. The standard InChI is InChI=1S/C5H4O6S/c6-5-4(2-1-3-9-5)10-12(7,8)11-5/h1-3,6H. The first-order chi connectivity index (χ1) is 5.52. The van der Waals surface area contributed by atoms with Crippen LogP contribution in [0.25, 0.3) is 0 Å². The van der Waals surface area contributed by atoms with E-state index in [-0.39, 0.29) is 5.76 Å². The van der Waals surface area contributed by atoms with E-state index in [4.69, 9.17) is 0 Å². The van der Waals surface area contributed by atoms with Gasteiger partial charge < -0.3 is 14.0 Å². The van der Waals surface area contributed by atoms with Crippen molar-refractivity contribution in [1.82, 2.24) is 0 Å². The van der Waals surface area contributed by atoms with E-state index in [2.05, 4.69) is 13.1 Å². The van der Waals surface area contributed by atoms with Crippen molar-refractivity contribution in [2.45, 2.75) is 5.97 Å². The Morgan fingerprint density at radius 1 is 1.50 bits per heavy atom. The van der Waals surface area contributed by atoms with Gasteiger partial charge in [-0.1, -0.05) is 0 Å². The van der Waals surface area contributed by atoms with Crippen molar-refractivity contribution >= 4 is 10.4 Å². The summed E-state index contributed by atoms with van der Waals surface area (Å²) in [5.74, 6) is -2.61. The number of rotatable bonds is 0. The fourth-order valence-electron chi connectivity index (χ4n) is 0.828. The Bertz CT molecular complexity index is 365. The summed E-state index contributed by atoms with van der Waals surface area (Å²) in [6.45, 7) is 0. The summed E-state index contributed by atoms with van der Waals surface area (Å²) < 4.78 is 34.1. The van der Waals surface area contributed by atoms with Crippen LogP contribution in [0.4, 0.5) is 0 Å². The molecule has 0 aliphatic carbocycles. The van der Waals surface area contributed by atoms with Gasteiger partial charge in [0.15, 0.2) is 0 Å². The number of hydrogen-bond donors (Lipinski definition) is 1. The molecular weight excluding hydrogens is 188 g/mol. The summed E-state index contributed by atoms with van der Waals surface area (Å²) >= 11 is 0. The van der Waals surface area contributed by atoms with Gasteiger partial charge in [0, 0.05) is 0 Å². The lowest BCUT2D eigenvalue weighted by Crippen LogP contribution is -2.32. The highest BCUT2D eigenvalue weighted by molar-refractivity contribution is 7.82. The average Bonchev–Trinajstić information content (AvgIpc) is 2.16. The SMILES string of the molecule is O=S1(=O)OC2=CC=COC2(O)O1. The summed E-state index contributed by atoms with van der Waals surface area (Å²) in [4.78, 5) is 0. The summed E-state index contributed by atoms with van der Waals surface area (Å²) in [6.07, 6.45) is 3.69. The Morgan fingerprint density at radius 3 is 2.92 bits per heavy atom. The molecular formula is C5H4O6S. The molecule has 0 aromatic heterocycles. The number of allylic oxidation sites excluding steroid dienone is 2. The maximum Gasteiger partial charge on any atom is 0.454 e. The third-order valence-electron chi connectivity index (χ3n) is 1.27. The number of aliphatic hydroxyl groups is 1. The number of hydrogen-bond acceptors (Lipinski definition) is 6. The minimum Gasteiger partial charge on any atom is -0.440 e. The van der Waals surface area contributed by atoms with Crippen molar-refractivity contribution in [3.8, 4) is 0 Å². The molecule has 2 rings (SSSR count). The van der Waals surface area contributed by atoms with Gasteiger partial charge in [-0.2, -0.15) is 12.6 Å². The third-order valence-corrected chi connectivity index (χ3v) is 2.09. The smallest absolute Gasteiger partial charge is 0.440 e. The topological polar surface area (TPSA) is 82.1 Å². The van der Waals surface area contributed by atoms with Crippen LogP contribution in [0.2, 0.25) is 0 Å². The minimum atomic E-state index is -4.17. The Labute approximate surface area is 68.0 Å². The van der Waals surface area contributed by atoms with Crippen LogP contribution >= 0.6 is 0 Å². The van der Waals surface area contributed by atoms with Gasteiger partial charge in [-0.15, -0.1) is 0 Å². The van der Waals surface area contributed by atoms with Crippen molar-refractivity contribution in [2.75, 3.05) is 0 Å². The average molecular weight is 192 g/mol.